The van der Waals surface area contributed by atoms with E-state index in [0.717, 1.165) is 12.1 Å². The van der Waals surface area contributed by atoms with Gasteiger partial charge in [0.15, 0.2) is 0 Å². The highest BCUT2D eigenvalue weighted by Crippen LogP contribution is 2.32. The van der Waals surface area contributed by atoms with Crippen molar-refractivity contribution in [3.8, 4) is 11.3 Å². The molecule has 26 heavy (non-hydrogen) atoms. The van der Waals surface area contributed by atoms with Crippen LogP contribution in [-0.4, -0.2) is 21.4 Å². The molecule has 134 valence electrons. The molecule has 3 rings (SSSR count). The van der Waals surface area contributed by atoms with Crippen molar-refractivity contribution in [1.82, 2.24) is 15.2 Å². The maximum atomic E-state index is 12.8. The minimum absolute atomic E-state index is 0.0431. The molecule has 7 nitrogen and oxygen atoms in total. The number of aryl methyl sites for hydroxylation is 1. The monoisotopic (exact) mass is 363 g/mol. The molecular formula is C16H12F3N5O2. The fourth-order valence-electron chi connectivity index (χ4n) is 2.03. The van der Waals surface area contributed by atoms with Crippen LogP contribution in [0.5, 0.6) is 0 Å². The van der Waals surface area contributed by atoms with Crippen LogP contribution in [0.4, 0.5) is 19.1 Å². The highest BCUT2D eigenvalue weighted by molar-refractivity contribution is 5.78. The topological polar surface area (TPSA) is 96.2 Å². The molecule has 2 N–H and O–H groups in total. The summed E-state index contributed by atoms with van der Waals surface area (Å²) in [7, 11) is 0. The predicted molar refractivity (Wildman–Crippen MR) is 87.8 cm³/mol. The number of nitrogens with one attached hydrogen (secondary N) is 2. The Bertz CT molecular complexity index is 1010. The Morgan fingerprint density at radius 1 is 1.23 bits per heavy atom. The van der Waals surface area contributed by atoms with Crippen molar-refractivity contribution in [2.45, 2.75) is 13.1 Å². The minimum Gasteiger partial charge on any atom is -0.455 e. The first-order valence-corrected chi connectivity index (χ1v) is 7.33. The summed E-state index contributed by atoms with van der Waals surface area (Å²) in [6.07, 6.45) is -3.14. The van der Waals surface area contributed by atoms with Crippen LogP contribution in [0.25, 0.3) is 11.3 Å². The van der Waals surface area contributed by atoms with Gasteiger partial charge >= 0.3 is 6.18 Å². The van der Waals surface area contributed by atoms with Crippen molar-refractivity contribution in [3.05, 3.63) is 63.8 Å². The summed E-state index contributed by atoms with van der Waals surface area (Å²) in [5.74, 6) is 0.606. The summed E-state index contributed by atoms with van der Waals surface area (Å²) in [6.45, 7) is 1.51. The lowest BCUT2D eigenvalue weighted by Gasteiger charge is -2.07. The smallest absolute Gasteiger partial charge is 0.416 e. The third-order valence-electron chi connectivity index (χ3n) is 3.32. The van der Waals surface area contributed by atoms with Crippen LogP contribution in [0, 0.1) is 6.92 Å². The SMILES string of the molecule is Cc1nnc(N/N=C/c2ccc(-c3cccc(C(F)(F)F)c3)o2)[nH]c1=O. The number of hydrogen-bond donors (Lipinski definition) is 2. The molecule has 0 unspecified atom stereocenters. The molecule has 3 aromatic rings. The van der Waals surface area contributed by atoms with Crippen LogP contribution in [0.3, 0.4) is 0 Å². The lowest BCUT2D eigenvalue weighted by molar-refractivity contribution is -0.137. The molecule has 0 atom stereocenters. The number of aromatic amines is 1. The number of anilines is 1. The average Bonchev–Trinajstić information content (AvgIpc) is 3.06. The van der Waals surface area contributed by atoms with Gasteiger partial charge in [0.05, 0.1) is 11.8 Å². The molecule has 0 saturated carbocycles. The van der Waals surface area contributed by atoms with Crippen LogP contribution in [0.1, 0.15) is 17.0 Å². The van der Waals surface area contributed by atoms with Crippen LogP contribution in [-0.2, 0) is 6.18 Å². The number of aromatic nitrogens is 3. The summed E-state index contributed by atoms with van der Waals surface area (Å²) in [5.41, 5.74) is 1.82. The molecule has 0 radical (unpaired) electrons. The molecular weight excluding hydrogens is 351 g/mol. The van der Waals surface area contributed by atoms with Gasteiger partial charge in [-0.25, -0.2) is 5.43 Å². The summed E-state index contributed by atoms with van der Waals surface area (Å²) < 4.78 is 43.8. The first-order chi connectivity index (χ1) is 12.3. The van der Waals surface area contributed by atoms with Gasteiger partial charge in [-0.3, -0.25) is 9.78 Å². The van der Waals surface area contributed by atoms with Crippen LogP contribution >= 0.6 is 0 Å². The van der Waals surface area contributed by atoms with Crippen molar-refractivity contribution < 1.29 is 17.6 Å². The van der Waals surface area contributed by atoms with E-state index in [4.69, 9.17) is 4.42 Å². The summed E-state index contributed by atoms with van der Waals surface area (Å²) in [6, 6.07) is 7.89. The van der Waals surface area contributed by atoms with Crippen molar-refractivity contribution in [2.24, 2.45) is 5.10 Å². The Kier molecular flexibility index (Phi) is 4.57. The van der Waals surface area contributed by atoms with Gasteiger partial charge < -0.3 is 4.42 Å². The maximum Gasteiger partial charge on any atom is 0.416 e. The largest absolute Gasteiger partial charge is 0.455 e. The van der Waals surface area contributed by atoms with E-state index in [0.29, 0.717) is 11.3 Å². The van der Waals surface area contributed by atoms with Crippen molar-refractivity contribution in [1.29, 1.82) is 0 Å². The molecule has 10 heteroatoms. The molecule has 0 fully saturated rings. The molecule has 0 aliphatic carbocycles. The molecule has 0 bridgehead atoms. The van der Waals surface area contributed by atoms with E-state index in [1.165, 1.54) is 31.3 Å². The molecule has 0 aliphatic heterocycles. The van der Waals surface area contributed by atoms with Gasteiger partial charge in [0.25, 0.3) is 5.56 Å². The van der Waals surface area contributed by atoms with E-state index in [1.807, 2.05) is 0 Å². The van der Waals surface area contributed by atoms with Gasteiger partial charge in [-0.2, -0.15) is 18.3 Å². The molecule has 0 saturated heterocycles. The molecule has 2 aromatic heterocycles. The lowest BCUT2D eigenvalue weighted by atomic mass is 10.1. The van der Waals surface area contributed by atoms with E-state index < -0.39 is 17.3 Å². The van der Waals surface area contributed by atoms with Gasteiger partial charge in [0, 0.05) is 5.56 Å². The second-order valence-electron chi connectivity index (χ2n) is 5.24. The first kappa shape index (κ1) is 17.4. The number of alkyl halides is 3. The number of H-pyrrole nitrogens is 1. The number of benzene rings is 1. The predicted octanol–water partition coefficient (Wildman–Crippen LogP) is 3.20. The van der Waals surface area contributed by atoms with Gasteiger partial charge in [-0.1, -0.05) is 12.1 Å². The third kappa shape index (κ3) is 3.97. The second-order valence-corrected chi connectivity index (χ2v) is 5.24. The van der Waals surface area contributed by atoms with Gasteiger partial charge in [-0.15, -0.1) is 10.2 Å². The van der Waals surface area contributed by atoms with Crippen LogP contribution < -0.4 is 11.0 Å². The Hall–Kier alpha value is -3.43. The van der Waals surface area contributed by atoms with Crippen molar-refractivity contribution >= 4 is 12.2 Å². The zero-order valence-corrected chi connectivity index (χ0v) is 13.3. The van der Waals surface area contributed by atoms with Gasteiger partial charge in [0.1, 0.15) is 17.2 Å². The van der Waals surface area contributed by atoms with E-state index >= 15 is 0 Å². The molecule has 0 amide bonds. The second kappa shape index (κ2) is 6.82. The fourth-order valence-corrected chi connectivity index (χ4v) is 2.03. The normalized spacial score (nSPS) is 11.8. The average molecular weight is 363 g/mol. The minimum atomic E-state index is -4.43. The Morgan fingerprint density at radius 2 is 2.04 bits per heavy atom. The summed E-state index contributed by atoms with van der Waals surface area (Å²) in [4.78, 5) is 13.8. The van der Waals surface area contributed by atoms with Crippen molar-refractivity contribution in [3.63, 3.8) is 0 Å². The highest BCUT2D eigenvalue weighted by Gasteiger charge is 2.30. The van der Waals surface area contributed by atoms with Crippen LogP contribution in [0.15, 0.2) is 50.7 Å². The Labute approximate surface area is 144 Å². The summed E-state index contributed by atoms with van der Waals surface area (Å²) >= 11 is 0. The molecule has 1 aromatic carbocycles. The number of hydrazone groups is 1. The zero-order chi connectivity index (χ0) is 18.7. The quantitative estimate of drug-likeness (QED) is 0.548. The first-order valence-electron chi connectivity index (χ1n) is 7.33. The number of halogens is 3. The number of furan rings is 1. The van der Waals surface area contributed by atoms with E-state index in [-0.39, 0.29) is 17.4 Å². The van der Waals surface area contributed by atoms with Crippen LogP contribution in [0.2, 0.25) is 0 Å². The fraction of sp³-hybridized carbons (Fsp3) is 0.125. The van der Waals surface area contributed by atoms with Crippen molar-refractivity contribution in [2.75, 3.05) is 5.43 Å². The van der Waals surface area contributed by atoms with E-state index in [9.17, 15) is 18.0 Å². The van der Waals surface area contributed by atoms with E-state index in [2.05, 4.69) is 25.7 Å². The number of hydrogen-bond acceptors (Lipinski definition) is 6. The number of rotatable bonds is 4. The Balaban J connectivity index is 1.73. The van der Waals surface area contributed by atoms with Gasteiger partial charge in [-0.05, 0) is 31.2 Å². The number of nitrogens with zero attached hydrogens (tertiary/aromatic N) is 3. The molecule has 0 spiro atoms. The van der Waals surface area contributed by atoms with Gasteiger partial charge in [0.2, 0.25) is 5.95 Å². The zero-order valence-electron chi connectivity index (χ0n) is 13.3. The maximum absolute atomic E-state index is 12.8. The highest BCUT2D eigenvalue weighted by atomic mass is 19.4. The van der Waals surface area contributed by atoms with E-state index in [1.54, 1.807) is 6.07 Å². The molecule has 2 heterocycles. The standard InChI is InChI=1S/C16H12F3N5O2/c1-9-14(25)21-15(24-22-9)23-20-8-12-5-6-13(26-12)10-3-2-4-11(7-10)16(17,18)19/h2-8H,1H3,(H2,21,23,24,25)/b20-8+. The molecule has 0 aliphatic rings. The third-order valence-corrected chi connectivity index (χ3v) is 3.32. The summed E-state index contributed by atoms with van der Waals surface area (Å²) in [5, 5.41) is 11.1. The Morgan fingerprint density at radius 3 is 2.77 bits per heavy atom. The lowest BCUT2D eigenvalue weighted by Crippen LogP contribution is -2.15.